The zero-order valence-corrected chi connectivity index (χ0v) is 13.2. The van der Waals surface area contributed by atoms with E-state index in [0.29, 0.717) is 18.2 Å². The van der Waals surface area contributed by atoms with Crippen LogP contribution in [0.1, 0.15) is 30.5 Å². The van der Waals surface area contributed by atoms with Crippen LogP contribution in [0.2, 0.25) is 0 Å². The molecule has 0 radical (unpaired) electrons. The molecule has 1 aromatic carbocycles. The van der Waals surface area contributed by atoms with Crippen LogP contribution in [0.25, 0.3) is 0 Å². The second-order valence-corrected chi connectivity index (χ2v) is 6.24. The van der Waals surface area contributed by atoms with Crippen LogP contribution in [0.15, 0.2) is 41.5 Å². The minimum absolute atomic E-state index is 0.110. The van der Waals surface area contributed by atoms with Gasteiger partial charge in [-0.3, -0.25) is 14.7 Å². The van der Waals surface area contributed by atoms with Crippen molar-refractivity contribution in [3.63, 3.8) is 0 Å². The summed E-state index contributed by atoms with van der Waals surface area (Å²) in [5.41, 5.74) is 1.26. The molecule has 0 spiro atoms. The van der Waals surface area contributed by atoms with Crippen molar-refractivity contribution >= 4 is 0 Å². The highest BCUT2D eigenvalue weighted by Crippen LogP contribution is 2.23. The molecular formula is C18H22FN3O. The van der Waals surface area contributed by atoms with Crippen LogP contribution < -0.4 is 5.56 Å². The molecule has 1 N–H and O–H groups in total. The van der Waals surface area contributed by atoms with E-state index in [2.05, 4.69) is 14.9 Å². The lowest BCUT2D eigenvalue weighted by Crippen LogP contribution is -2.37. The van der Waals surface area contributed by atoms with E-state index in [4.69, 9.17) is 0 Å². The molecule has 0 aliphatic carbocycles. The average molecular weight is 315 g/mol. The largest absolute Gasteiger partial charge is 0.326 e. The zero-order valence-electron chi connectivity index (χ0n) is 13.2. The number of aromatic nitrogens is 2. The average Bonchev–Trinajstić information content (AvgIpc) is 2.57. The van der Waals surface area contributed by atoms with Crippen molar-refractivity contribution in [2.75, 3.05) is 13.1 Å². The van der Waals surface area contributed by atoms with Crippen molar-refractivity contribution in [2.24, 2.45) is 5.92 Å². The van der Waals surface area contributed by atoms with E-state index < -0.39 is 0 Å². The number of nitrogens with zero attached hydrogens (tertiary/aromatic N) is 2. The smallest absolute Gasteiger partial charge is 0.270 e. The lowest BCUT2D eigenvalue weighted by Gasteiger charge is -2.32. The molecule has 1 saturated heterocycles. The molecule has 5 heteroatoms. The van der Waals surface area contributed by atoms with Gasteiger partial charge in [0.25, 0.3) is 5.56 Å². The molecule has 2 aromatic rings. The molecule has 2 heterocycles. The Kier molecular flexibility index (Phi) is 5.18. The van der Waals surface area contributed by atoms with Crippen molar-refractivity contribution in [1.82, 2.24) is 14.9 Å². The first-order valence-electron chi connectivity index (χ1n) is 8.20. The number of piperidine rings is 1. The Morgan fingerprint density at radius 2 is 2.22 bits per heavy atom. The molecule has 4 nitrogen and oxygen atoms in total. The number of hydrogen-bond donors (Lipinski definition) is 1. The molecule has 1 aromatic heterocycles. The van der Waals surface area contributed by atoms with Crippen molar-refractivity contribution in [3.05, 3.63) is 64.1 Å². The minimum Gasteiger partial charge on any atom is -0.326 e. The fourth-order valence-corrected chi connectivity index (χ4v) is 3.30. The molecule has 0 bridgehead atoms. The number of aryl methyl sites for hydroxylation is 1. The van der Waals surface area contributed by atoms with Gasteiger partial charge in [0.2, 0.25) is 0 Å². The highest BCUT2D eigenvalue weighted by molar-refractivity contribution is 5.17. The van der Waals surface area contributed by atoms with Gasteiger partial charge >= 0.3 is 0 Å². The summed E-state index contributed by atoms with van der Waals surface area (Å²) in [5.74, 6) is 0.436. The van der Waals surface area contributed by atoms with Gasteiger partial charge in [0.1, 0.15) is 11.5 Å². The number of rotatable bonds is 5. The van der Waals surface area contributed by atoms with Gasteiger partial charge in [0.15, 0.2) is 0 Å². The summed E-state index contributed by atoms with van der Waals surface area (Å²) in [6.07, 6.45) is 7.22. The first kappa shape index (κ1) is 15.9. The van der Waals surface area contributed by atoms with Gasteiger partial charge in [-0.15, -0.1) is 0 Å². The number of likely N-dealkylation sites (tertiary alicyclic amines) is 1. The Morgan fingerprint density at radius 3 is 3.04 bits per heavy atom. The third-order valence-corrected chi connectivity index (χ3v) is 4.54. The standard InChI is InChI=1S/C18H22FN3O/c19-16-6-2-1-5-15(16)8-7-14-4-3-11-22(12-14)13-17-18(23)21-10-9-20-17/h1-2,5-6,9-10,14H,3-4,7-8,11-13H2,(H,21,23). The summed E-state index contributed by atoms with van der Waals surface area (Å²) < 4.78 is 13.7. The monoisotopic (exact) mass is 315 g/mol. The Balaban J connectivity index is 1.55. The van der Waals surface area contributed by atoms with Gasteiger partial charge in [-0.05, 0) is 49.8 Å². The van der Waals surface area contributed by atoms with E-state index in [1.165, 1.54) is 12.5 Å². The molecule has 0 amide bonds. The zero-order chi connectivity index (χ0) is 16.1. The molecule has 1 aliphatic rings. The normalized spacial score (nSPS) is 18.9. The first-order valence-corrected chi connectivity index (χ1v) is 8.20. The van der Waals surface area contributed by atoms with Crippen LogP contribution in [-0.4, -0.2) is 28.0 Å². The second-order valence-electron chi connectivity index (χ2n) is 6.24. The minimum atomic E-state index is -0.111. The van der Waals surface area contributed by atoms with E-state index in [1.807, 2.05) is 12.1 Å². The van der Waals surface area contributed by atoms with Crippen molar-refractivity contribution in [2.45, 2.75) is 32.2 Å². The molecule has 1 fully saturated rings. The second kappa shape index (κ2) is 7.51. The van der Waals surface area contributed by atoms with Crippen molar-refractivity contribution in [1.29, 1.82) is 0 Å². The maximum atomic E-state index is 13.7. The number of aromatic amines is 1. The molecular weight excluding hydrogens is 293 g/mol. The molecule has 122 valence electrons. The summed E-state index contributed by atoms with van der Waals surface area (Å²) in [6, 6.07) is 7.00. The highest BCUT2D eigenvalue weighted by Gasteiger charge is 2.21. The number of nitrogens with one attached hydrogen (secondary N) is 1. The Labute approximate surface area is 135 Å². The molecule has 0 saturated carbocycles. The number of benzene rings is 1. The van der Waals surface area contributed by atoms with E-state index in [9.17, 15) is 9.18 Å². The summed E-state index contributed by atoms with van der Waals surface area (Å²) >= 11 is 0. The van der Waals surface area contributed by atoms with Crippen LogP contribution in [0.5, 0.6) is 0 Å². The predicted octanol–water partition coefficient (Wildman–Crippen LogP) is 2.75. The van der Waals surface area contributed by atoms with E-state index in [0.717, 1.165) is 37.9 Å². The van der Waals surface area contributed by atoms with E-state index >= 15 is 0 Å². The molecule has 23 heavy (non-hydrogen) atoms. The van der Waals surface area contributed by atoms with Crippen molar-refractivity contribution < 1.29 is 4.39 Å². The predicted molar refractivity (Wildman–Crippen MR) is 87.6 cm³/mol. The Morgan fingerprint density at radius 1 is 1.35 bits per heavy atom. The van der Waals surface area contributed by atoms with Crippen LogP contribution in [0.4, 0.5) is 4.39 Å². The summed E-state index contributed by atoms with van der Waals surface area (Å²) in [6.45, 7) is 2.53. The van der Waals surface area contributed by atoms with E-state index in [1.54, 1.807) is 18.5 Å². The quantitative estimate of drug-likeness (QED) is 0.923. The molecule has 1 aliphatic heterocycles. The van der Waals surface area contributed by atoms with Crippen molar-refractivity contribution in [3.8, 4) is 0 Å². The van der Waals surface area contributed by atoms with Gasteiger partial charge in [-0.1, -0.05) is 18.2 Å². The highest BCUT2D eigenvalue weighted by atomic mass is 19.1. The first-order chi connectivity index (χ1) is 11.2. The maximum Gasteiger partial charge on any atom is 0.270 e. The molecule has 1 atom stereocenters. The summed E-state index contributed by atoms with van der Waals surface area (Å²) in [5, 5.41) is 0. The van der Waals surface area contributed by atoms with Gasteiger partial charge in [0, 0.05) is 25.5 Å². The Bertz CT molecular complexity index is 700. The van der Waals surface area contributed by atoms with Crippen LogP contribution in [0.3, 0.4) is 0 Å². The SMILES string of the molecule is O=c1[nH]ccnc1CN1CCCC(CCc2ccccc2F)C1. The van der Waals surface area contributed by atoms with E-state index in [-0.39, 0.29) is 11.4 Å². The number of H-pyrrole nitrogens is 1. The van der Waals surface area contributed by atoms with Gasteiger partial charge in [0.05, 0.1) is 0 Å². The number of hydrogen-bond acceptors (Lipinski definition) is 3. The lowest BCUT2D eigenvalue weighted by atomic mass is 9.91. The number of halogens is 1. The lowest BCUT2D eigenvalue weighted by molar-refractivity contribution is 0.159. The topological polar surface area (TPSA) is 49.0 Å². The van der Waals surface area contributed by atoms with Crippen LogP contribution >= 0.6 is 0 Å². The third kappa shape index (κ3) is 4.26. The third-order valence-electron chi connectivity index (χ3n) is 4.54. The van der Waals surface area contributed by atoms with Gasteiger partial charge < -0.3 is 4.98 Å². The maximum absolute atomic E-state index is 13.7. The van der Waals surface area contributed by atoms with Crippen LogP contribution in [-0.2, 0) is 13.0 Å². The fourth-order valence-electron chi connectivity index (χ4n) is 3.30. The fraction of sp³-hybridized carbons (Fsp3) is 0.444. The molecule has 1 unspecified atom stereocenters. The van der Waals surface area contributed by atoms with Gasteiger partial charge in [-0.25, -0.2) is 4.39 Å². The Hall–Kier alpha value is -2.01. The molecule has 3 rings (SSSR count). The summed E-state index contributed by atoms with van der Waals surface area (Å²) in [4.78, 5) is 20.9. The summed E-state index contributed by atoms with van der Waals surface area (Å²) in [7, 11) is 0. The van der Waals surface area contributed by atoms with Gasteiger partial charge in [-0.2, -0.15) is 0 Å². The van der Waals surface area contributed by atoms with Crippen LogP contribution in [0, 0.1) is 11.7 Å².